The van der Waals surface area contributed by atoms with Crippen molar-refractivity contribution in [3.8, 4) is 5.75 Å². The molecule has 0 bridgehead atoms. The molecule has 0 radical (unpaired) electrons. The second-order valence-electron chi connectivity index (χ2n) is 7.00. The first-order valence-corrected chi connectivity index (χ1v) is 9.40. The van der Waals surface area contributed by atoms with Crippen LogP contribution in [0.15, 0.2) is 36.4 Å². The zero-order chi connectivity index (χ0) is 20.8. The van der Waals surface area contributed by atoms with Crippen molar-refractivity contribution < 1.29 is 23.5 Å². The maximum Gasteiger partial charge on any atom is 0.319 e. The topological polar surface area (TPSA) is 88.7 Å². The maximum absolute atomic E-state index is 13.8. The number of fused-ring (bicyclic) bond motifs is 1. The second kappa shape index (κ2) is 9.38. The van der Waals surface area contributed by atoms with Crippen LogP contribution in [0.1, 0.15) is 35.3 Å². The van der Waals surface area contributed by atoms with E-state index in [2.05, 4.69) is 16.0 Å². The number of halogens is 1. The number of hydrogen-bond acceptors (Lipinski definition) is 4. The number of urea groups is 1. The zero-order valence-corrected chi connectivity index (χ0v) is 16.4. The molecule has 1 aliphatic rings. The first-order valence-electron chi connectivity index (χ1n) is 9.40. The summed E-state index contributed by atoms with van der Waals surface area (Å²) in [5.74, 6) is 0.0430. The lowest BCUT2D eigenvalue weighted by Gasteiger charge is -2.21. The molecule has 0 aromatic heterocycles. The molecule has 3 amide bonds. The summed E-state index contributed by atoms with van der Waals surface area (Å²) in [4.78, 5) is 24.2. The van der Waals surface area contributed by atoms with Gasteiger partial charge in [-0.1, -0.05) is 6.07 Å². The fourth-order valence-corrected chi connectivity index (χ4v) is 3.01. The fraction of sp³-hybridized carbons (Fsp3) is 0.333. The van der Waals surface area contributed by atoms with Crippen molar-refractivity contribution in [1.29, 1.82) is 0 Å². The third kappa shape index (κ3) is 5.68. The zero-order valence-electron chi connectivity index (χ0n) is 16.4. The van der Waals surface area contributed by atoms with Crippen LogP contribution in [0.5, 0.6) is 5.75 Å². The van der Waals surface area contributed by atoms with Gasteiger partial charge in [-0.25, -0.2) is 9.18 Å². The number of carbonyl (C=O) groups excluding carboxylic acids is 2. The molecule has 0 atom stereocenters. The average molecular weight is 401 g/mol. The lowest BCUT2D eigenvalue weighted by atomic mass is 10.1. The van der Waals surface area contributed by atoms with Crippen LogP contribution >= 0.6 is 0 Å². The number of nitrogens with one attached hydrogen (secondary N) is 3. The molecule has 1 heterocycles. The van der Waals surface area contributed by atoms with Crippen molar-refractivity contribution in [2.24, 2.45) is 0 Å². The number of benzene rings is 2. The van der Waals surface area contributed by atoms with Gasteiger partial charge in [-0.15, -0.1) is 0 Å². The Labute approximate surface area is 168 Å². The number of carbonyl (C=O) groups is 2. The SMILES string of the molecule is CC(C)NC(=O)c1cccc(NC(=O)NCCc2cc(F)cc3c2OCOC3)c1. The summed E-state index contributed by atoms with van der Waals surface area (Å²) < 4.78 is 24.4. The highest BCUT2D eigenvalue weighted by molar-refractivity contribution is 5.97. The van der Waals surface area contributed by atoms with Crippen LogP contribution in [0.3, 0.4) is 0 Å². The Morgan fingerprint density at radius 2 is 2.03 bits per heavy atom. The average Bonchev–Trinajstić information content (AvgIpc) is 2.67. The molecule has 2 aromatic rings. The molecule has 1 aliphatic heterocycles. The monoisotopic (exact) mass is 401 g/mol. The van der Waals surface area contributed by atoms with Gasteiger partial charge in [-0.3, -0.25) is 4.79 Å². The van der Waals surface area contributed by atoms with Crippen LogP contribution in [0.4, 0.5) is 14.9 Å². The third-order valence-corrected chi connectivity index (χ3v) is 4.23. The molecule has 0 saturated carbocycles. The summed E-state index contributed by atoms with van der Waals surface area (Å²) in [6.07, 6.45) is 0.407. The van der Waals surface area contributed by atoms with Crippen LogP contribution in [-0.4, -0.2) is 31.3 Å². The first kappa shape index (κ1) is 20.6. The van der Waals surface area contributed by atoms with Crippen LogP contribution in [0.2, 0.25) is 0 Å². The first-order chi connectivity index (χ1) is 13.9. The number of hydrogen-bond donors (Lipinski definition) is 3. The molecule has 0 fully saturated rings. The Hall–Kier alpha value is -3.13. The van der Waals surface area contributed by atoms with E-state index in [0.717, 1.165) is 0 Å². The molecule has 8 heteroatoms. The van der Waals surface area contributed by atoms with Crippen molar-refractivity contribution >= 4 is 17.6 Å². The van der Waals surface area contributed by atoms with E-state index in [4.69, 9.17) is 9.47 Å². The van der Waals surface area contributed by atoms with E-state index < -0.39 is 6.03 Å². The molecule has 3 rings (SSSR count). The summed E-state index contributed by atoms with van der Waals surface area (Å²) in [5.41, 5.74) is 2.30. The second-order valence-corrected chi connectivity index (χ2v) is 7.00. The number of amides is 3. The predicted octanol–water partition coefficient (Wildman–Crippen LogP) is 3.19. The normalized spacial score (nSPS) is 12.7. The third-order valence-electron chi connectivity index (χ3n) is 4.23. The van der Waals surface area contributed by atoms with Crippen molar-refractivity contribution in [2.75, 3.05) is 18.7 Å². The van der Waals surface area contributed by atoms with Gasteiger partial charge in [0, 0.05) is 29.4 Å². The molecule has 0 aliphatic carbocycles. The summed E-state index contributed by atoms with van der Waals surface area (Å²) in [5, 5.41) is 8.22. The lowest BCUT2D eigenvalue weighted by Crippen LogP contribution is -2.31. The van der Waals surface area contributed by atoms with E-state index in [1.807, 2.05) is 13.8 Å². The quantitative estimate of drug-likeness (QED) is 0.694. The van der Waals surface area contributed by atoms with E-state index in [9.17, 15) is 14.0 Å². The largest absolute Gasteiger partial charge is 0.467 e. The molecule has 154 valence electrons. The molecule has 2 aromatic carbocycles. The van der Waals surface area contributed by atoms with E-state index in [-0.39, 0.29) is 24.6 Å². The highest BCUT2D eigenvalue weighted by atomic mass is 19.1. The van der Waals surface area contributed by atoms with Gasteiger partial charge in [0.05, 0.1) is 6.61 Å². The van der Waals surface area contributed by atoms with Crippen molar-refractivity contribution in [2.45, 2.75) is 32.9 Å². The Bertz CT molecular complexity index is 901. The van der Waals surface area contributed by atoms with E-state index in [1.165, 1.54) is 12.1 Å². The Balaban J connectivity index is 1.55. The van der Waals surface area contributed by atoms with E-state index in [0.29, 0.717) is 47.7 Å². The van der Waals surface area contributed by atoms with Crippen LogP contribution in [-0.2, 0) is 17.8 Å². The molecule has 0 spiro atoms. The minimum absolute atomic E-state index is 0.0199. The minimum atomic E-state index is -0.416. The summed E-state index contributed by atoms with van der Waals surface area (Å²) >= 11 is 0. The van der Waals surface area contributed by atoms with Crippen LogP contribution in [0, 0.1) is 5.82 Å². The minimum Gasteiger partial charge on any atom is -0.467 e. The van der Waals surface area contributed by atoms with E-state index >= 15 is 0 Å². The predicted molar refractivity (Wildman–Crippen MR) is 106 cm³/mol. The van der Waals surface area contributed by atoms with E-state index in [1.54, 1.807) is 24.3 Å². The highest BCUT2D eigenvalue weighted by Crippen LogP contribution is 2.29. The van der Waals surface area contributed by atoms with Crippen molar-refractivity contribution in [3.63, 3.8) is 0 Å². The molecule has 7 nitrogen and oxygen atoms in total. The number of rotatable bonds is 6. The maximum atomic E-state index is 13.8. The van der Waals surface area contributed by atoms with Crippen LogP contribution in [0.25, 0.3) is 0 Å². The fourth-order valence-electron chi connectivity index (χ4n) is 3.01. The highest BCUT2D eigenvalue weighted by Gasteiger charge is 2.17. The molecular weight excluding hydrogens is 377 g/mol. The lowest BCUT2D eigenvalue weighted by molar-refractivity contribution is -0.0172. The Morgan fingerprint density at radius 1 is 1.21 bits per heavy atom. The molecule has 29 heavy (non-hydrogen) atoms. The van der Waals surface area contributed by atoms with Crippen molar-refractivity contribution in [3.05, 3.63) is 58.9 Å². The van der Waals surface area contributed by atoms with Gasteiger partial charge in [0.15, 0.2) is 6.79 Å². The molecule has 0 saturated heterocycles. The Kier molecular flexibility index (Phi) is 6.66. The molecular formula is C21H24FN3O4. The molecule has 3 N–H and O–H groups in total. The number of anilines is 1. The summed E-state index contributed by atoms with van der Waals surface area (Å²) in [6, 6.07) is 9.07. The van der Waals surface area contributed by atoms with Gasteiger partial charge < -0.3 is 25.4 Å². The van der Waals surface area contributed by atoms with Gasteiger partial charge >= 0.3 is 6.03 Å². The van der Waals surface area contributed by atoms with Gasteiger partial charge in [-0.2, -0.15) is 0 Å². The molecule has 0 unspecified atom stereocenters. The Morgan fingerprint density at radius 3 is 2.83 bits per heavy atom. The standard InChI is InChI=1S/C21H24FN3O4/c1-13(2)24-20(26)15-4-3-5-18(10-15)25-21(27)23-7-6-14-8-17(22)9-16-11-28-12-29-19(14)16/h3-5,8-10,13H,6-7,11-12H2,1-2H3,(H,24,26)(H2,23,25,27). The summed E-state index contributed by atoms with van der Waals surface area (Å²) in [6.45, 7) is 4.47. The van der Waals surface area contributed by atoms with Gasteiger partial charge in [0.25, 0.3) is 5.91 Å². The summed E-state index contributed by atoms with van der Waals surface area (Å²) in [7, 11) is 0. The van der Waals surface area contributed by atoms with Gasteiger partial charge in [0.2, 0.25) is 0 Å². The van der Waals surface area contributed by atoms with Crippen molar-refractivity contribution in [1.82, 2.24) is 10.6 Å². The smallest absolute Gasteiger partial charge is 0.319 e. The van der Waals surface area contributed by atoms with Crippen LogP contribution < -0.4 is 20.7 Å². The van der Waals surface area contributed by atoms with Gasteiger partial charge in [-0.05, 0) is 56.2 Å². The van der Waals surface area contributed by atoms with Gasteiger partial charge in [0.1, 0.15) is 11.6 Å². The number of ether oxygens (including phenoxy) is 2.